The zero-order valence-corrected chi connectivity index (χ0v) is 13.5. The number of hydrogen-bond acceptors (Lipinski definition) is 2. The first-order chi connectivity index (χ1) is 9.70. The first-order valence-corrected chi connectivity index (χ1v) is 8.26. The average Bonchev–Trinajstić information content (AvgIpc) is 2.47. The van der Waals surface area contributed by atoms with Crippen LogP contribution in [0.2, 0.25) is 0 Å². The number of ether oxygens (including phenoxy) is 1. The normalized spacial score (nSPS) is 22.3. The molecule has 0 bridgehead atoms. The summed E-state index contributed by atoms with van der Waals surface area (Å²) in [7, 11) is 0. The fraction of sp³-hybridized carbons (Fsp3) is 0.562. The van der Waals surface area contributed by atoms with E-state index in [-0.39, 0.29) is 5.91 Å². The average molecular weight is 340 g/mol. The molecule has 0 spiro atoms. The van der Waals surface area contributed by atoms with Gasteiger partial charge in [-0.25, -0.2) is 0 Å². The summed E-state index contributed by atoms with van der Waals surface area (Å²) >= 11 is 3.66. The molecule has 1 aromatic carbocycles. The summed E-state index contributed by atoms with van der Waals surface area (Å²) in [6.45, 7) is 3.26. The van der Waals surface area contributed by atoms with Crippen LogP contribution in [0.4, 0.5) is 0 Å². The van der Waals surface area contributed by atoms with Gasteiger partial charge >= 0.3 is 0 Å². The molecule has 2 rings (SSSR count). The molecule has 0 heterocycles. The van der Waals surface area contributed by atoms with E-state index in [4.69, 9.17) is 4.74 Å². The van der Waals surface area contributed by atoms with Gasteiger partial charge in [0.1, 0.15) is 5.75 Å². The Kier molecular flexibility index (Phi) is 5.89. The molecule has 1 N–H and O–H groups in total. The lowest BCUT2D eigenvalue weighted by atomic mass is 9.89. The highest BCUT2D eigenvalue weighted by atomic mass is 79.9. The Bertz CT molecular complexity index is 442. The standard InChI is InChI=1S/C16H22BrNO2/c1-2-20-15-6-4-3-5-14(15)16(19)18-11-12-7-9-13(17)10-8-12/h3-6,12-13H,2,7-11H2,1H3,(H,18,19). The number of rotatable bonds is 5. The number of halogens is 1. The molecule has 1 aliphatic carbocycles. The van der Waals surface area contributed by atoms with Crippen LogP contribution >= 0.6 is 15.9 Å². The van der Waals surface area contributed by atoms with E-state index in [0.29, 0.717) is 28.7 Å². The van der Waals surface area contributed by atoms with E-state index in [9.17, 15) is 4.79 Å². The Labute approximate surface area is 129 Å². The van der Waals surface area contributed by atoms with Crippen LogP contribution in [0, 0.1) is 5.92 Å². The van der Waals surface area contributed by atoms with Gasteiger partial charge in [0.15, 0.2) is 0 Å². The van der Waals surface area contributed by atoms with Gasteiger partial charge in [-0.15, -0.1) is 0 Å². The van der Waals surface area contributed by atoms with Crippen LogP contribution in [-0.4, -0.2) is 23.9 Å². The minimum atomic E-state index is -0.0324. The Hall–Kier alpha value is -1.03. The zero-order chi connectivity index (χ0) is 14.4. The summed E-state index contributed by atoms with van der Waals surface area (Å²) < 4.78 is 5.50. The quantitative estimate of drug-likeness (QED) is 0.829. The lowest BCUT2D eigenvalue weighted by Gasteiger charge is -2.25. The molecule has 0 aliphatic heterocycles. The highest BCUT2D eigenvalue weighted by molar-refractivity contribution is 9.09. The number of para-hydroxylation sites is 1. The molecule has 1 aromatic rings. The second kappa shape index (κ2) is 7.67. The van der Waals surface area contributed by atoms with E-state index in [0.717, 1.165) is 6.54 Å². The summed E-state index contributed by atoms with van der Waals surface area (Å²) in [6, 6.07) is 7.41. The van der Waals surface area contributed by atoms with Crippen molar-refractivity contribution in [3.8, 4) is 5.75 Å². The van der Waals surface area contributed by atoms with E-state index in [2.05, 4.69) is 21.2 Å². The topological polar surface area (TPSA) is 38.3 Å². The van der Waals surface area contributed by atoms with Crippen molar-refractivity contribution in [2.45, 2.75) is 37.4 Å². The number of benzene rings is 1. The van der Waals surface area contributed by atoms with E-state index < -0.39 is 0 Å². The Morgan fingerprint density at radius 1 is 1.30 bits per heavy atom. The van der Waals surface area contributed by atoms with Gasteiger partial charge in [-0.2, -0.15) is 0 Å². The van der Waals surface area contributed by atoms with Gasteiger partial charge in [0.05, 0.1) is 12.2 Å². The smallest absolute Gasteiger partial charge is 0.255 e. The van der Waals surface area contributed by atoms with Gasteiger partial charge in [-0.3, -0.25) is 4.79 Å². The predicted molar refractivity (Wildman–Crippen MR) is 84.6 cm³/mol. The number of carbonyl (C=O) groups excluding carboxylic acids is 1. The van der Waals surface area contributed by atoms with Gasteiger partial charge in [0.2, 0.25) is 0 Å². The van der Waals surface area contributed by atoms with E-state index in [1.807, 2.05) is 31.2 Å². The minimum absolute atomic E-state index is 0.0324. The van der Waals surface area contributed by atoms with Crippen LogP contribution < -0.4 is 10.1 Å². The second-order valence-electron chi connectivity index (χ2n) is 5.26. The third-order valence-electron chi connectivity index (χ3n) is 3.76. The maximum Gasteiger partial charge on any atom is 0.255 e. The van der Waals surface area contributed by atoms with Crippen LogP contribution in [0.5, 0.6) is 5.75 Å². The van der Waals surface area contributed by atoms with Crippen molar-refractivity contribution in [3.63, 3.8) is 0 Å². The largest absolute Gasteiger partial charge is 0.493 e. The molecular weight excluding hydrogens is 318 g/mol. The summed E-state index contributed by atoms with van der Waals surface area (Å²) in [5, 5.41) is 3.05. The van der Waals surface area contributed by atoms with Gasteiger partial charge in [-0.1, -0.05) is 28.1 Å². The van der Waals surface area contributed by atoms with Crippen molar-refractivity contribution in [1.82, 2.24) is 5.32 Å². The van der Waals surface area contributed by atoms with E-state index in [1.54, 1.807) is 0 Å². The van der Waals surface area contributed by atoms with Crippen LogP contribution in [-0.2, 0) is 0 Å². The summed E-state index contributed by atoms with van der Waals surface area (Å²) in [6.07, 6.45) is 4.78. The van der Waals surface area contributed by atoms with Crippen molar-refractivity contribution in [3.05, 3.63) is 29.8 Å². The van der Waals surface area contributed by atoms with E-state index >= 15 is 0 Å². The zero-order valence-electron chi connectivity index (χ0n) is 11.9. The number of alkyl halides is 1. The second-order valence-corrected chi connectivity index (χ2v) is 6.55. The fourth-order valence-corrected chi connectivity index (χ4v) is 3.12. The Balaban J connectivity index is 1.88. The molecule has 0 aromatic heterocycles. The molecule has 1 aliphatic rings. The maximum absolute atomic E-state index is 12.2. The summed E-state index contributed by atoms with van der Waals surface area (Å²) in [5.74, 6) is 1.23. The van der Waals surface area contributed by atoms with Crippen LogP contribution in [0.3, 0.4) is 0 Å². The van der Waals surface area contributed by atoms with Crippen molar-refractivity contribution < 1.29 is 9.53 Å². The summed E-state index contributed by atoms with van der Waals surface area (Å²) in [4.78, 5) is 12.9. The van der Waals surface area contributed by atoms with Crippen LogP contribution in [0.25, 0.3) is 0 Å². The van der Waals surface area contributed by atoms with Gasteiger partial charge < -0.3 is 10.1 Å². The predicted octanol–water partition coefficient (Wildman–Crippen LogP) is 3.77. The molecule has 1 fully saturated rings. The Morgan fingerprint density at radius 2 is 2.00 bits per heavy atom. The van der Waals surface area contributed by atoms with Crippen molar-refractivity contribution in [1.29, 1.82) is 0 Å². The maximum atomic E-state index is 12.2. The molecular formula is C16H22BrNO2. The van der Waals surface area contributed by atoms with Crippen LogP contribution in [0.1, 0.15) is 43.0 Å². The number of carbonyl (C=O) groups is 1. The first-order valence-electron chi connectivity index (χ1n) is 7.34. The first kappa shape index (κ1) is 15.4. The lowest BCUT2D eigenvalue weighted by molar-refractivity contribution is 0.0940. The minimum Gasteiger partial charge on any atom is -0.493 e. The van der Waals surface area contributed by atoms with E-state index in [1.165, 1.54) is 25.7 Å². The SMILES string of the molecule is CCOc1ccccc1C(=O)NCC1CCC(Br)CC1. The fourth-order valence-electron chi connectivity index (χ4n) is 2.59. The lowest BCUT2D eigenvalue weighted by Crippen LogP contribution is -2.31. The Morgan fingerprint density at radius 3 is 2.70 bits per heavy atom. The third-order valence-corrected chi connectivity index (χ3v) is 4.67. The number of hydrogen-bond donors (Lipinski definition) is 1. The number of nitrogens with one attached hydrogen (secondary N) is 1. The van der Waals surface area contributed by atoms with Crippen molar-refractivity contribution in [2.75, 3.05) is 13.2 Å². The molecule has 1 amide bonds. The molecule has 3 nitrogen and oxygen atoms in total. The number of amides is 1. The highest BCUT2D eigenvalue weighted by Crippen LogP contribution is 2.28. The third kappa shape index (κ3) is 4.23. The molecule has 110 valence electrons. The highest BCUT2D eigenvalue weighted by Gasteiger charge is 2.20. The van der Waals surface area contributed by atoms with Crippen molar-refractivity contribution in [2.24, 2.45) is 5.92 Å². The summed E-state index contributed by atoms with van der Waals surface area (Å²) in [5.41, 5.74) is 0.628. The molecule has 1 saturated carbocycles. The van der Waals surface area contributed by atoms with Crippen molar-refractivity contribution >= 4 is 21.8 Å². The molecule has 20 heavy (non-hydrogen) atoms. The molecule has 4 heteroatoms. The molecule has 0 unspecified atom stereocenters. The monoisotopic (exact) mass is 339 g/mol. The van der Waals surface area contributed by atoms with Gasteiger partial charge in [0, 0.05) is 11.4 Å². The van der Waals surface area contributed by atoms with Gasteiger partial charge in [-0.05, 0) is 50.7 Å². The van der Waals surface area contributed by atoms with Crippen LogP contribution in [0.15, 0.2) is 24.3 Å². The molecule has 0 radical (unpaired) electrons. The molecule has 0 atom stereocenters. The van der Waals surface area contributed by atoms with Gasteiger partial charge in [0.25, 0.3) is 5.91 Å². The molecule has 0 saturated heterocycles.